The van der Waals surface area contributed by atoms with Gasteiger partial charge in [0.05, 0.1) is 0 Å². The number of rotatable bonds is 4. The zero-order valence-corrected chi connectivity index (χ0v) is 8.74. The molecule has 2 rings (SSSR count). The van der Waals surface area contributed by atoms with Gasteiger partial charge in [0.25, 0.3) is 0 Å². The predicted octanol–water partition coefficient (Wildman–Crippen LogP) is 1.87. The molecule has 2 nitrogen and oxygen atoms in total. The van der Waals surface area contributed by atoms with Gasteiger partial charge in [-0.3, -0.25) is 0 Å². The van der Waals surface area contributed by atoms with Gasteiger partial charge < -0.3 is 10.2 Å². The standard InChI is InChI=1S/C12H18N2/c1-2-14(10-11-8-9-13-11)12-6-4-3-5-7-12/h3-7,11,13H,2,8-10H2,1H3/t11-/m0/s1. The lowest BCUT2D eigenvalue weighted by molar-refractivity contribution is 0.371. The van der Waals surface area contributed by atoms with Crippen molar-refractivity contribution in [1.29, 1.82) is 0 Å². The lowest BCUT2D eigenvalue weighted by atomic mass is 10.1. The minimum Gasteiger partial charge on any atom is -0.370 e. The van der Waals surface area contributed by atoms with E-state index in [-0.39, 0.29) is 0 Å². The van der Waals surface area contributed by atoms with E-state index in [0.29, 0.717) is 6.04 Å². The molecule has 1 aliphatic heterocycles. The summed E-state index contributed by atoms with van der Waals surface area (Å²) in [4.78, 5) is 2.43. The van der Waals surface area contributed by atoms with Gasteiger partial charge in [-0.05, 0) is 32.0 Å². The summed E-state index contributed by atoms with van der Waals surface area (Å²) in [6.45, 7) is 5.63. The Morgan fingerprint density at radius 2 is 2.07 bits per heavy atom. The second-order valence-electron chi connectivity index (χ2n) is 3.81. The minimum atomic E-state index is 0.704. The third kappa shape index (κ3) is 2.07. The summed E-state index contributed by atoms with van der Waals surface area (Å²) in [5.74, 6) is 0. The number of likely N-dealkylation sites (N-methyl/N-ethyl adjacent to an activating group) is 1. The fraction of sp³-hybridized carbons (Fsp3) is 0.500. The number of benzene rings is 1. The van der Waals surface area contributed by atoms with E-state index in [1.165, 1.54) is 18.7 Å². The van der Waals surface area contributed by atoms with Crippen LogP contribution in [0.25, 0.3) is 0 Å². The third-order valence-electron chi connectivity index (χ3n) is 2.87. The molecular formula is C12H18N2. The normalized spacial score (nSPS) is 20.2. The van der Waals surface area contributed by atoms with E-state index in [4.69, 9.17) is 0 Å². The molecule has 1 N–H and O–H groups in total. The van der Waals surface area contributed by atoms with E-state index in [1.807, 2.05) is 0 Å². The molecule has 0 radical (unpaired) electrons. The molecule has 1 fully saturated rings. The van der Waals surface area contributed by atoms with Crippen LogP contribution in [0, 0.1) is 0 Å². The predicted molar refractivity (Wildman–Crippen MR) is 60.7 cm³/mol. The largest absolute Gasteiger partial charge is 0.370 e. The molecule has 0 aliphatic carbocycles. The molecule has 1 aromatic carbocycles. The molecule has 0 aromatic heterocycles. The molecule has 0 unspecified atom stereocenters. The van der Waals surface area contributed by atoms with E-state index >= 15 is 0 Å². The van der Waals surface area contributed by atoms with Crippen molar-refractivity contribution < 1.29 is 0 Å². The smallest absolute Gasteiger partial charge is 0.0366 e. The molecule has 14 heavy (non-hydrogen) atoms. The molecule has 0 spiro atoms. The summed E-state index contributed by atoms with van der Waals surface area (Å²) >= 11 is 0. The molecule has 1 aliphatic rings. The molecule has 0 amide bonds. The first kappa shape index (κ1) is 9.53. The Bertz CT molecular complexity index is 267. The maximum absolute atomic E-state index is 3.44. The van der Waals surface area contributed by atoms with Gasteiger partial charge in [0, 0.05) is 24.8 Å². The van der Waals surface area contributed by atoms with Gasteiger partial charge in [-0.2, -0.15) is 0 Å². The van der Waals surface area contributed by atoms with Gasteiger partial charge in [-0.1, -0.05) is 18.2 Å². The fourth-order valence-corrected chi connectivity index (χ4v) is 1.83. The zero-order valence-electron chi connectivity index (χ0n) is 8.74. The lowest BCUT2D eigenvalue weighted by Crippen LogP contribution is -2.50. The first-order valence-corrected chi connectivity index (χ1v) is 5.43. The Morgan fingerprint density at radius 1 is 1.36 bits per heavy atom. The second-order valence-corrected chi connectivity index (χ2v) is 3.81. The summed E-state index contributed by atoms with van der Waals surface area (Å²) in [7, 11) is 0. The molecular weight excluding hydrogens is 172 g/mol. The monoisotopic (exact) mass is 190 g/mol. The van der Waals surface area contributed by atoms with Crippen LogP contribution in [-0.4, -0.2) is 25.7 Å². The average Bonchev–Trinajstić information content (AvgIpc) is 2.18. The van der Waals surface area contributed by atoms with Gasteiger partial charge in [0.15, 0.2) is 0 Å². The zero-order chi connectivity index (χ0) is 9.80. The number of hydrogen-bond acceptors (Lipinski definition) is 2. The van der Waals surface area contributed by atoms with Crippen molar-refractivity contribution >= 4 is 5.69 Å². The van der Waals surface area contributed by atoms with E-state index in [2.05, 4.69) is 47.5 Å². The van der Waals surface area contributed by atoms with E-state index in [1.54, 1.807) is 0 Å². The maximum Gasteiger partial charge on any atom is 0.0366 e. The van der Waals surface area contributed by atoms with Crippen LogP contribution >= 0.6 is 0 Å². The van der Waals surface area contributed by atoms with Crippen molar-refractivity contribution in [3.05, 3.63) is 30.3 Å². The number of nitrogens with one attached hydrogen (secondary N) is 1. The summed E-state index contributed by atoms with van der Waals surface area (Å²) in [5.41, 5.74) is 1.34. The summed E-state index contributed by atoms with van der Waals surface area (Å²) < 4.78 is 0. The van der Waals surface area contributed by atoms with E-state index in [0.717, 1.165) is 13.1 Å². The van der Waals surface area contributed by atoms with Gasteiger partial charge >= 0.3 is 0 Å². The lowest BCUT2D eigenvalue weighted by Gasteiger charge is -2.34. The van der Waals surface area contributed by atoms with Gasteiger partial charge in [-0.15, -0.1) is 0 Å². The van der Waals surface area contributed by atoms with Crippen LogP contribution < -0.4 is 10.2 Å². The molecule has 76 valence electrons. The average molecular weight is 190 g/mol. The Labute approximate surface area is 85.9 Å². The van der Waals surface area contributed by atoms with Crippen molar-refractivity contribution in [3.8, 4) is 0 Å². The Morgan fingerprint density at radius 3 is 2.57 bits per heavy atom. The second kappa shape index (κ2) is 4.47. The van der Waals surface area contributed by atoms with Crippen LogP contribution in [0.1, 0.15) is 13.3 Å². The van der Waals surface area contributed by atoms with Crippen LogP contribution in [0.2, 0.25) is 0 Å². The van der Waals surface area contributed by atoms with E-state index < -0.39 is 0 Å². The van der Waals surface area contributed by atoms with Gasteiger partial charge in [0.2, 0.25) is 0 Å². The fourth-order valence-electron chi connectivity index (χ4n) is 1.83. The van der Waals surface area contributed by atoms with Crippen molar-refractivity contribution in [1.82, 2.24) is 5.32 Å². The quantitative estimate of drug-likeness (QED) is 0.779. The molecule has 0 bridgehead atoms. The van der Waals surface area contributed by atoms with Crippen molar-refractivity contribution in [3.63, 3.8) is 0 Å². The van der Waals surface area contributed by atoms with Crippen molar-refractivity contribution in [2.24, 2.45) is 0 Å². The highest BCUT2D eigenvalue weighted by molar-refractivity contribution is 5.46. The first-order valence-electron chi connectivity index (χ1n) is 5.43. The van der Waals surface area contributed by atoms with Crippen LogP contribution in [0.3, 0.4) is 0 Å². The Hall–Kier alpha value is -1.02. The van der Waals surface area contributed by atoms with Crippen LogP contribution in [0.15, 0.2) is 30.3 Å². The van der Waals surface area contributed by atoms with Gasteiger partial charge in [0.1, 0.15) is 0 Å². The van der Waals surface area contributed by atoms with E-state index in [9.17, 15) is 0 Å². The number of para-hydroxylation sites is 1. The molecule has 2 heteroatoms. The SMILES string of the molecule is CCN(C[C@@H]1CCN1)c1ccccc1. The maximum atomic E-state index is 3.44. The highest BCUT2D eigenvalue weighted by Gasteiger charge is 2.18. The van der Waals surface area contributed by atoms with Gasteiger partial charge in [-0.25, -0.2) is 0 Å². The molecule has 1 aromatic rings. The Balaban J connectivity index is 1.98. The number of hydrogen-bond donors (Lipinski definition) is 1. The summed E-state index contributed by atoms with van der Waals surface area (Å²) in [6.07, 6.45) is 1.32. The minimum absolute atomic E-state index is 0.704. The molecule has 1 saturated heterocycles. The number of anilines is 1. The van der Waals surface area contributed by atoms with Crippen molar-refractivity contribution in [2.75, 3.05) is 24.5 Å². The molecule has 0 saturated carbocycles. The van der Waals surface area contributed by atoms with Crippen LogP contribution in [-0.2, 0) is 0 Å². The Kier molecular flexibility index (Phi) is 3.04. The molecule has 1 atom stereocenters. The van der Waals surface area contributed by atoms with Crippen molar-refractivity contribution in [2.45, 2.75) is 19.4 Å². The summed E-state index contributed by atoms with van der Waals surface area (Å²) in [6, 6.07) is 11.3. The third-order valence-corrected chi connectivity index (χ3v) is 2.87. The van der Waals surface area contributed by atoms with Crippen LogP contribution in [0.4, 0.5) is 5.69 Å². The summed E-state index contributed by atoms with van der Waals surface area (Å²) in [5, 5.41) is 3.44. The number of nitrogens with zero attached hydrogens (tertiary/aromatic N) is 1. The topological polar surface area (TPSA) is 15.3 Å². The van der Waals surface area contributed by atoms with Crippen LogP contribution in [0.5, 0.6) is 0 Å². The first-order chi connectivity index (χ1) is 6.90. The molecule has 1 heterocycles. The highest BCUT2D eigenvalue weighted by atomic mass is 15.2. The highest BCUT2D eigenvalue weighted by Crippen LogP contribution is 2.15.